The van der Waals surface area contributed by atoms with Crippen LogP contribution in [0.2, 0.25) is 0 Å². The van der Waals surface area contributed by atoms with Crippen molar-refractivity contribution in [3.63, 3.8) is 0 Å². The Morgan fingerprint density at radius 1 is 1.40 bits per heavy atom. The molecule has 3 atom stereocenters. The molecule has 0 amide bonds. The molecule has 1 aliphatic rings. The summed E-state index contributed by atoms with van der Waals surface area (Å²) in [5.41, 5.74) is 0.821. The zero-order valence-electron chi connectivity index (χ0n) is 9.52. The van der Waals surface area contributed by atoms with Gasteiger partial charge in [0.15, 0.2) is 6.29 Å². The first kappa shape index (κ1) is 10.5. The van der Waals surface area contributed by atoms with E-state index in [0.29, 0.717) is 12.0 Å². The minimum absolute atomic E-state index is 0.524. The van der Waals surface area contributed by atoms with Crippen LogP contribution < -0.4 is 0 Å². The molecule has 1 heterocycles. The van der Waals surface area contributed by atoms with Crippen molar-refractivity contribution in [2.24, 2.45) is 11.8 Å². The van der Waals surface area contributed by atoms with Crippen LogP contribution in [-0.4, -0.2) is 10.9 Å². The van der Waals surface area contributed by atoms with Crippen LogP contribution >= 0.6 is 0 Å². The van der Waals surface area contributed by atoms with Crippen LogP contribution in [0.15, 0.2) is 18.3 Å². The van der Waals surface area contributed by atoms with E-state index >= 15 is 0 Å². The first-order chi connectivity index (χ1) is 7.22. The molecule has 0 aromatic carbocycles. The number of hydrogen-bond acceptors (Lipinski definition) is 1. The lowest BCUT2D eigenvalue weighted by molar-refractivity contribution is 0.110. The summed E-state index contributed by atoms with van der Waals surface area (Å²) in [4.78, 5) is 10.9. The van der Waals surface area contributed by atoms with E-state index < -0.39 is 0 Å². The van der Waals surface area contributed by atoms with E-state index in [4.69, 9.17) is 0 Å². The first-order valence-electron chi connectivity index (χ1n) is 5.84. The van der Waals surface area contributed by atoms with Gasteiger partial charge in [-0.25, -0.2) is 0 Å². The highest BCUT2D eigenvalue weighted by atomic mass is 16.1. The van der Waals surface area contributed by atoms with Gasteiger partial charge in [0.25, 0.3) is 0 Å². The normalized spacial score (nSPS) is 31.5. The molecule has 1 aliphatic carbocycles. The molecule has 1 fully saturated rings. The van der Waals surface area contributed by atoms with Gasteiger partial charge in [0.05, 0.1) is 5.69 Å². The van der Waals surface area contributed by atoms with Gasteiger partial charge in [-0.2, -0.15) is 0 Å². The highest BCUT2D eigenvalue weighted by Crippen LogP contribution is 2.37. The van der Waals surface area contributed by atoms with Crippen molar-refractivity contribution >= 4 is 6.29 Å². The lowest BCUT2D eigenvalue weighted by Gasteiger charge is -2.34. The third-order valence-corrected chi connectivity index (χ3v) is 3.68. The van der Waals surface area contributed by atoms with E-state index in [1.54, 1.807) is 0 Å². The third kappa shape index (κ3) is 1.99. The Hall–Kier alpha value is -1.05. The van der Waals surface area contributed by atoms with E-state index in [0.717, 1.165) is 17.9 Å². The Kier molecular flexibility index (Phi) is 2.94. The lowest BCUT2D eigenvalue weighted by Crippen LogP contribution is -2.25. The second kappa shape index (κ2) is 4.21. The van der Waals surface area contributed by atoms with Gasteiger partial charge >= 0.3 is 0 Å². The van der Waals surface area contributed by atoms with Crippen LogP contribution in [0.1, 0.15) is 49.6 Å². The van der Waals surface area contributed by atoms with Crippen LogP contribution in [0.4, 0.5) is 0 Å². The fourth-order valence-corrected chi connectivity index (χ4v) is 2.87. The Morgan fingerprint density at radius 2 is 2.20 bits per heavy atom. The monoisotopic (exact) mass is 205 g/mol. The number of rotatable bonds is 2. The highest BCUT2D eigenvalue weighted by molar-refractivity contribution is 5.72. The SMILES string of the molecule is CC1CCC(n2cccc2C=O)C(C)C1. The topological polar surface area (TPSA) is 22.0 Å². The average Bonchev–Trinajstić information content (AvgIpc) is 2.65. The van der Waals surface area contributed by atoms with Gasteiger partial charge in [0.2, 0.25) is 0 Å². The molecule has 1 aromatic heterocycles. The van der Waals surface area contributed by atoms with E-state index in [-0.39, 0.29) is 0 Å². The third-order valence-electron chi connectivity index (χ3n) is 3.68. The smallest absolute Gasteiger partial charge is 0.166 e. The van der Waals surface area contributed by atoms with E-state index in [9.17, 15) is 4.79 Å². The zero-order valence-corrected chi connectivity index (χ0v) is 9.52. The summed E-state index contributed by atoms with van der Waals surface area (Å²) in [7, 11) is 0. The summed E-state index contributed by atoms with van der Waals surface area (Å²) >= 11 is 0. The molecule has 0 aliphatic heterocycles. The lowest BCUT2D eigenvalue weighted by atomic mass is 9.79. The number of carbonyl (C=O) groups excluding carboxylic acids is 1. The summed E-state index contributed by atoms with van der Waals surface area (Å²) in [5.74, 6) is 1.52. The van der Waals surface area contributed by atoms with Gasteiger partial charge in [-0.15, -0.1) is 0 Å². The quantitative estimate of drug-likeness (QED) is 0.679. The van der Waals surface area contributed by atoms with Crippen LogP contribution in [0.3, 0.4) is 0 Å². The van der Waals surface area contributed by atoms with Crippen molar-refractivity contribution < 1.29 is 4.79 Å². The highest BCUT2D eigenvalue weighted by Gasteiger charge is 2.27. The molecule has 1 aromatic rings. The number of hydrogen-bond donors (Lipinski definition) is 0. The van der Waals surface area contributed by atoms with Crippen LogP contribution in [-0.2, 0) is 0 Å². The maximum Gasteiger partial charge on any atom is 0.166 e. The van der Waals surface area contributed by atoms with Gasteiger partial charge in [-0.3, -0.25) is 4.79 Å². The molecule has 2 heteroatoms. The van der Waals surface area contributed by atoms with Crippen molar-refractivity contribution in [2.75, 3.05) is 0 Å². The molecule has 2 rings (SSSR count). The summed E-state index contributed by atoms with van der Waals surface area (Å²) in [5, 5.41) is 0. The van der Waals surface area contributed by atoms with Gasteiger partial charge < -0.3 is 4.57 Å². The van der Waals surface area contributed by atoms with Crippen LogP contribution in [0.5, 0.6) is 0 Å². The maximum atomic E-state index is 10.9. The molecule has 1 saturated carbocycles. The average molecular weight is 205 g/mol. The molecule has 0 N–H and O–H groups in total. The standard InChI is InChI=1S/C13H19NO/c1-10-5-6-13(11(2)8-10)14-7-3-4-12(14)9-15/h3-4,7,9-11,13H,5-6,8H2,1-2H3. The molecular weight excluding hydrogens is 186 g/mol. The van der Waals surface area contributed by atoms with E-state index in [1.165, 1.54) is 19.3 Å². The second-order valence-corrected chi connectivity index (χ2v) is 4.92. The van der Waals surface area contributed by atoms with Gasteiger partial charge in [-0.1, -0.05) is 13.8 Å². The number of aromatic nitrogens is 1. The van der Waals surface area contributed by atoms with Gasteiger partial charge in [-0.05, 0) is 43.2 Å². The van der Waals surface area contributed by atoms with E-state index in [2.05, 4.69) is 18.4 Å². The molecule has 82 valence electrons. The largest absolute Gasteiger partial charge is 0.342 e. The Labute approximate surface area is 91.3 Å². The Morgan fingerprint density at radius 3 is 2.87 bits per heavy atom. The van der Waals surface area contributed by atoms with Crippen LogP contribution in [0.25, 0.3) is 0 Å². The minimum Gasteiger partial charge on any atom is -0.342 e. The summed E-state index contributed by atoms with van der Waals surface area (Å²) in [6, 6.07) is 4.39. The molecular formula is C13H19NO. The molecule has 0 bridgehead atoms. The van der Waals surface area contributed by atoms with Crippen molar-refractivity contribution in [2.45, 2.75) is 39.2 Å². The first-order valence-corrected chi connectivity index (χ1v) is 5.84. The Balaban J connectivity index is 2.20. The number of nitrogens with zero attached hydrogens (tertiary/aromatic N) is 1. The maximum absolute atomic E-state index is 10.9. The summed E-state index contributed by atoms with van der Waals surface area (Å²) < 4.78 is 2.16. The zero-order chi connectivity index (χ0) is 10.8. The molecule has 2 nitrogen and oxygen atoms in total. The van der Waals surface area contributed by atoms with Gasteiger partial charge in [0, 0.05) is 12.2 Å². The predicted octanol–water partition coefficient (Wildman–Crippen LogP) is 3.30. The van der Waals surface area contributed by atoms with E-state index in [1.807, 2.05) is 18.3 Å². The fraction of sp³-hybridized carbons (Fsp3) is 0.615. The Bertz CT molecular complexity index is 342. The number of carbonyl (C=O) groups is 1. The minimum atomic E-state index is 0.524. The second-order valence-electron chi connectivity index (χ2n) is 4.92. The van der Waals surface area contributed by atoms with Crippen molar-refractivity contribution in [3.8, 4) is 0 Å². The molecule has 0 radical (unpaired) electrons. The van der Waals surface area contributed by atoms with Crippen molar-refractivity contribution in [1.82, 2.24) is 4.57 Å². The predicted molar refractivity (Wildman–Crippen MR) is 61.0 cm³/mol. The number of aldehydes is 1. The summed E-state index contributed by atoms with van der Waals surface area (Å²) in [6.07, 6.45) is 6.77. The summed E-state index contributed by atoms with van der Waals surface area (Å²) in [6.45, 7) is 4.62. The fourth-order valence-electron chi connectivity index (χ4n) is 2.87. The van der Waals surface area contributed by atoms with Gasteiger partial charge in [0.1, 0.15) is 0 Å². The van der Waals surface area contributed by atoms with Crippen molar-refractivity contribution in [3.05, 3.63) is 24.0 Å². The van der Waals surface area contributed by atoms with Crippen molar-refractivity contribution in [1.29, 1.82) is 0 Å². The van der Waals surface area contributed by atoms with Crippen LogP contribution in [0, 0.1) is 11.8 Å². The molecule has 3 unspecified atom stereocenters. The molecule has 15 heavy (non-hydrogen) atoms. The molecule has 0 spiro atoms. The molecule has 0 saturated heterocycles.